The zero-order chi connectivity index (χ0) is 3.58. The predicted molar refractivity (Wildman–Crippen MR) is 26.9 cm³/mol. The molecular formula is H6N2OS2. The van der Waals surface area contributed by atoms with Crippen LogP contribution in [-0.2, 0) is 11.5 Å². The maximum atomic E-state index is 9.11. The Morgan fingerprint density at radius 1 is 1.40 bits per heavy atom. The van der Waals surface area contributed by atoms with Gasteiger partial charge < -0.3 is 4.55 Å². The molecule has 0 saturated carbocycles. The molecule has 0 atom stereocenters. The smallest absolute Gasteiger partial charge is 0.129 e. The zero-order valence-corrected chi connectivity index (χ0v) is 4.29. The first kappa shape index (κ1) is 9.13. The van der Waals surface area contributed by atoms with Crippen LogP contribution in [-0.4, -0.2) is 4.55 Å². The molecule has 0 fully saturated rings. The van der Waals surface area contributed by atoms with Gasteiger partial charge in [-0.25, -0.2) is 0 Å². The minimum absolute atomic E-state index is 0. The van der Waals surface area contributed by atoms with E-state index in [1.165, 1.54) is 0 Å². The van der Waals surface area contributed by atoms with E-state index in [0.717, 1.165) is 0 Å². The lowest BCUT2D eigenvalue weighted by Gasteiger charge is -1.84. The molecule has 0 aromatic carbocycles. The van der Waals surface area contributed by atoms with E-state index >= 15 is 0 Å². The van der Waals surface area contributed by atoms with Gasteiger partial charge in [0.25, 0.3) is 0 Å². The molecule has 0 radical (unpaired) electrons. The lowest BCUT2D eigenvalue weighted by molar-refractivity contribution is 0.598. The molecule has 0 aliphatic rings. The molecule has 0 heterocycles. The highest BCUT2D eigenvalue weighted by Gasteiger charge is 1.68. The molecule has 0 amide bonds. The molecule has 0 aromatic heterocycles. The van der Waals surface area contributed by atoms with Crippen molar-refractivity contribution in [1.82, 2.24) is 0 Å². The van der Waals surface area contributed by atoms with Crippen LogP contribution >= 0.6 is 13.5 Å². The van der Waals surface area contributed by atoms with Crippen molar-refractivity contribution in [2.45, 2.75) is 0 Å². The van der Waals surface area contributed by atoms with Crippen molar-refractivity contribution in [3.63, 3.8) is 0 Å². The fourth-order valence-electron chi connectivity index (χ4n) is 0. The fraction of sp³-hybridized carbons (Fsp3) is 0. The zero-order valence-electron chi connectivity index (χ0n) is 2.47. The third-order valence-electron chi connectivity index (χ3n) is 0. The third kappa shape index (κ3) is 90.6. The second kappa shape index (κ2) is 4.58. The summed E-state index contributed by atoms with van der Waals surface area (Å²) >= 11 is -1.61. The Hall–Kier alpha value is 0.580. The average molecular weight is 114 g/mol. The number of nitrogens with two attached hydrogens (primary N) is 2. The summed E-state index contributed by atoms with van der Waals surface area (Å²) in [6.07, 6.45) is 0. The van der Waals surface area contributed by atoms with E-state index in [1.54, 1.807) is 0 Å². The molecule has 0 saturated heterocycles. The van der Waals surface area contributed by atoms with Crippen LogP contribution in [0.3, 0.4) is 0 Å². The molecule has 0 aliphatic heterocycles. The summed E-state index contributed by atoms with van der Waals surface area (Å²) in [6, 6.07) is 0. The van der Waals surface area contributed by atoms with Crippen molar-refractivity contribution in [3.05, 3.63) is 0 Å². The molecule has 5 heavy (non-hydrogen) atoms. The predicted octanol–water partition coefficient (Wildman–Crippen LogP) is -1.40. The van der Waals surface area contributed by atoms with E-state index in [-0.39, 0.29) is 13.5 Å². The molecule has 0 aliphatic carbocycles. The largest absolute Gasteiger partial charge is 0.579 e. The van der Waals surface area contributed by atoms with Gasteiger partial charge in [-0.3, -0.25) is 0 Å². The standard InChI is InChI=1S/H4N2OS.H2S/c1-4(2)3;/h1-2H2;1H2. The Bertz CT molecular complexity index is 12.4. The lowest BCUT2D eigenvalue weighted by Crippen LogP contribution is -2.21. The van der Waals surface area contributed by atoms with Gasteiger partial charge in [0, 0.05) is 0 Å². The summed E-state index contributed by atoms with van der Waals surface area (Å²) < 4.78 is 9.11. The van der Waals surface area contributed by atoms with Crippen LogP contribution in [0.2, 0.25) is 0 Å². The van der Waals surface area contributed by atoms with Crippen molar-refractivity contribution >= 4 is 25.0 Å². The van der Waals surface area contributed by atoms with Crippen molar-refractivity contribution < 1.29 is 4.55 Å². The lowest BCUT2D eigenvalue weighted by atomic mass is 13.9. The molecule has 34 valence electrons. The first-order valence-corrected chi connectivity index (χ1v) is 1.91. The normalized spacial score (nSPS) is 7.20. The highest BCUT2D eigenvalue weighted by atomic mass is 32.2. The summed E-state index contributed by atoms with van der Waals surface area (Å²) in [4.78, 5) is 0. The molecule has 0 rings (SSSR count). The van der Waals surface area contributed by atoms with E-state index in [2.05, 4.69) is 10.3 Å². The van der Waals surface area contributed by atoms with Crippen LogP contribution in [0.5, 0.6) is 0 Å². The number of rotatable bonds is 0. The average Bonchev–Trinajstić information content (AvgIpc) is 0.811. The molecule has 0 bridgehead atoms. The minimum Gasteiger partial charge on any atom is -0.579 e. The van der Waals surface area contributed by atoms with E-state index < -0.39 is 11.5 Å². The van der Waals surface area contributed by atoms with Gasteiger partial charge >= 0.3 is 0 Å². The Morgan fingerprint density at radius 2 is 1.40 bits per heavy atom. The second-order valence-electron chi connectivity index (χ2n) is 0.329. The van der Waals surface area contributed by atoms with E-state index in [4.69, 9.17) is 4.55 Å². The molecule has 0 spiro atoms. The molecule has 5 heteroatoms. The highest BCUT2D eigenvalue weighted by Crippen LogP contribution is 1.40. The van der Waals surface area contributed by atoms with Crippen LogP contribution in [0.15, 0.2) is 0 Å². The summed E-state index contributed by atoms with van der Waals surface area (Å²) in [5.41, 5.74) is 0. The van der Waals surface area contributed by atoms with Crippen LogP contribution in [0.4, 0.5) is 0 Å². The van der Waals surface area contributed by atoms with Crippen molar-refractivity contribution in [1.29, 1.82) is 0 Å². The summed E-state index contributed by atoms with van der Waals surface area (Å²) in [7, 11) is 0. The monoisotopic (exact) mass is 114 g/mol. The second-order valence-corrected chi connectivity index (χ2v) is 0.986. The first-order chi connectivity index (χ1) is 1.73. The minimum atomic E-state index is -1.61. The number of hydrogen-bond donors (Lipinski definition) is 2. The van der Waals surface area contributed by atoms with Crippen LogP contribution in [0.25, 0.3) is 0 Å². The molecule has 0 unspecified atom stereocenters. The van der Waals surface area contributed by atoms with Gasteiger partial charge in [0.2, 0.25) is 0 Å². The summed E-state index contributed by atoms with van der Waals surface area (Å²) in [5, 5.41) is 8.72. The maximum absolute atomic E-state index is 9.11. The Kier molecular flexibility index (Phi) is 8.37. The van der Waals surface area contributed by atoms with Gasteiger partial charge in [0.15, 0.2) is 0 Å². The van der Waals surface area contributed by atoms with Crippen molar-refractivity contribution in [3.8, 4) is 0 Å². The highest BCUT2D eigenvalue weighted by molar-refractivity contribution is 7.86. The van der Waals surface area contributed by atoms with Crippen LogP contribution < -0.4 is 10.3 Å². The summed E-state index contributed by atoms with van der Waals surface area (Å²) in [6.45, 7) is 0. The van der Waals surface area contributed by atoms with E-state index in [9.17, 15) is 0 Å². The number of hydrogen-bond acceptors (Lipinski definition) is 3. The van der Waals surface area contributed by atoms with Crippen molar-refractivity contribution in [2.24, 2.45) is 10.3 Å². The van der Waals surface area contributed by atoms with Crippen LogP contribution in [0, 0.1) is 0 Å². The molecule has 3 nitrogen and oxygen atoms in total. The quantitative estimate of drug-likeness (QED) is 0.380. The van der Waals surface area contributed by atoms with Crippen LogP contribution in [0.1, 0.15) is 0 Å². The Labute approximate surface area is 40.6 Å². The molecule has 4 N–H and O–H groups in total. The Balaban J connectivity index is 0. The third-order valence-corrected chi connectivity index (χ3v) is 0. The van der Waals surface area contributed by atoms with Gasteiger partial charge in [-0.15, -0.1) is 10.3 Å². The Morgan fingerprint density at radius 3 is 1.40 bits per heavy atom. The molecule has 0 aromatic rings. The first-order valence-electron chi connectivity index (χ1n) is 0.638. The van der Waals surface area contributed by atoms with Gasteiger partial charge in [0.1, 0.15) is 11.5 Å². The SMILES string of the molecule is N[S+](N)[O-].S. The van der Waals surface area contributed by atoms with Gasteiger partial charge in [-0.05, 0) is 0 Å². The maximum Gasteiger partial charge on any atom is 0.129 e. The van der Waals surface area contributed by atoms with E-state index in [0.29, 0.717) is 0 Å². The van der Waals surface area contributed by atoms with Gasteiger partial charge in [0.05, 0.1) is 0 Å². The molecular weight excluding hydrogens is 108 g/mol. The van der Waals surface area contributed by atoms with Gasteiger partial charge in [-0.1, -0.05) is 0 Å². The van der Waals surface area contributed by atoms with Gasteiger partial charge in [-0.2, -0.15) is 13.5 Å². The summed E-state index contributed by atoms with van der Waals surface area (Å²) in [5.74, 6) is 0. The topological polar surface area (TPSA) is 75.1 Å². The van der Waals surface area contributed by atoms with E-state index in [1.807, 2.05) is 0 Å². The van der Waals surface area contributed by atoms with Crippen molar-refractivity contribution in [2.75, 3.05) is 0 Å². The fourth-order valence-corrected chi connectivity index (χ4v) is 0.